The molecule has 0 heterocycles. The van der Waals surface area contributed by atoms with Gasteiger partial charge < -0.3 is 42.1 Å². The van der Waals surface area contributed by atoms with E-state index in [1.807, 2.05) is 0 Å². The maximum Gasteiger partial charge on any atom is 0.255 e. The summed E-state index contributed by atoms with van der Waals surface area (Å²) in [4.78, 5) is 44.5. The summed E-state index contributed by atoms with van der Waals surface area (Å²) in [6, 6.07) is 1.77. The van der Waals surface area contributed by atoms with Gasteiger partial charge in [-0.15, -0.1) is 0 Å². The molecule has 5 rings (SSSR count). The first-order chi connectivity index (χ1) is 18.9. The second kappa shape index (κ2) is 9.84. The Hall–Kier alpha value is -4.06. The highest BCUT2D eigenvalue weighted by Gasteiger charge is 2.60. The molecule has 4 aliphatic carbocycles. The lowest BCUT2D eigenvalue weighted by molar-refractivity contribution is -0.147. The Morgan fingerprint density at radius 1 is 1.10 bits per heavy atom. The molecule has 0 bridgehead atoms. The number of nitrogens with zero attached hydrogens (tertiary/aromatic N) is 2. The molecular weight excluding hydrogens is 518 g/mol. The molecule has 12 heteroatoms. The monoisotopic (exact) mass is 553 g/mol. The third-order valence-corrected chi connectivity index (χ3v) is 8.68. The van der Waals surface area contributed by atoms with Crippen molar-refractivity contribution in [3.05, 3.63) is 34.1 Å². The number of benzene rings is 1. The largest absolute Gasteiger partial charge is 0.508 e. The third-order valence-electron chi connectivity index (χ3n) is 8.68. The van der Waals surface area contributed by atoms with Crippen molar-refractivity contribution < 1.29 is 34.8 Å². The lowest BCUT2D eigenvalue weighted by Gasteiger charge is -2.46. The molecule has 0 aliphatic heterocycles. The van der Waals surface area contributed by atoms with Gasteiger partial charge in [0.15, 0.2) is 17.3 Å². The highest BCUT2D eigenvalue weighted by Crippen LogP contribution is 2.54. The first-order valence-corrected chi connectivity index (χ1v) is 13.5. The molecule has 214 valence electrons. The topological polar surface area (TPSA) is 212 Å². The summed E-state index contributed by atoms with van der Waals surface area (Å²) in [5.41, 5.74) is 9.19. The standard InChI is InChI=1S/C28H35N5O7/c1-33(2)17-11-16(32-27(30)31-14-6-4-3-5-7-14)22(35)20-15(17)9-12-8-13-10-18(34)21(26(29)39)25(38)28(13,40)24(37)19(12)23(20)36/h11-14,35-36,38,40H,3-10H2,1-2H3,(H2,29,39)(H3,30,31,32). The lowest BCUT2D eigenvalue weighted by atomic mass is 9.59. The van der Waals surface area contributed by atoms with E-state index in [-0.39, 0.29) is 53.8 Å². The van der Waals surface area contributed by atoms with Crippen LogP contribution in [0.2, 0.25) is 0 Å². The van der Waals surface area contributed by atoms with Crippen molar-refractivity contribution in [1.29, 1.82) is 0 Å². The Labute approximate surface area is 231 Å². The molecule has 0 radical (unpaired) electrons. The van der Waals surface area contributed by atoms with Gasteiger partial charge in [-0.05, 0) is 43.2 Å². The second-order valence-corrected chi connectivity index (χ2v) is 11.4. The molecule has 12 nitrogen and oxygen atoms in total. The number of hydrogen-bond donors (Lipinski definition) is 7. The summed E-state index contributed by atoms with van der Waals surface area (Å²) >= 11 is 0. The van der Waals surface area contributed by atoms with Crippen molar-refractivity contribution in [3.63, 3.8) is 0 Å². The van der Waals surface area contributed by atoms with Gasteiger partial charge >= 0.3 is 0 Å². The van der Waals surface area contributed by atoms with Crippen LogP contribution >= 0.6 is 0 Å². The number of aliphatic hydroxyl groups excluding tert-OH is 2. The van der Waals surface area contributed by atoms with Crippen LogP contribution in [-0.2, 0) is 20.8 Å². The molecule has 4 aliphatic rings. The summed E-state index contributed by atoms with van der Waals surface area (Å²) in [5, 5.41) is 47.9. The molecule has 9 N–H and O–H groups in total. The van der Waals surface area contributed by atoms with E-state index in [0.717, 1.165) is 32.1 Å². The van der Waals surface area contributed by atoms with Crippen molar-refractivity contribution >= 4 is 40.6 Å². The van der Waals surface area contributed by atoms with E-state index >= 15 is 0 Å². The average molecular weight is 554 g/mol. The quantitative estimate of drug-likeness (QED) is 0.124. The number of aromatic hydroxyl groups is 1. The first-order valence-electron chi connectivity index (χ1n) is 13.5. The number of rotatable bonds is 4. The fourth-order valence-corrected chi connectivity index (χ4v) is 6.74. The minimum Gasteiger partial charge on any atom is -0.508 e. The molecule has 2 fully saturated rings. The first kappa shape index (κ1) is 27.5. The number of primary amides is 1. The number of phenols is 1. The molecule has 3 atom stereocenters. The summed E-state index contributed by atoms with van der Waals surface area (Å²) < 4.78 is 0. The molecule has 0 spiro atoms. The van der Waals surface area contributed by atoms with Crippen LogP contribution in [-0.4, -0.2) is 69.6 Å². The molecule has 1 amide bonds. The van der Waals surface area contributed by atoms with E-state index < -0.39 is 52.0 Å². The van der Waals surface area contributed by atoms with Gasteiger partial charge in [-0.2, -0.15) is 0 Å². The highest BCUT2D eigenvalue weighted by molar-refractivity contribution is 6.22. The van der Waals surface area contributed by atoms with Crippen LogP contribution in [0.15, 0.2) is 28.0 Å². The number of aliphatic imine (C=N–C) groups is 1. The predicted molar refractivity (Wildman–Crippen MR) is 148 cm³/mol. The second-order valence-electron chi connectivity index (χ2n) is 11.4. The molecular formula is C28H35N5O7. The zero-order chi connectivity index (χ0) is 29.1. The lowest BCUT2D eigenvalue weighted by Crippen LogP contribution is -2.58. The number of phenolic OH excluding ortho intramolecular Hbond substituents is 1. The number of ketones is 2. The molecule has 1 aromatic carbocycles. The van der Waals surface area contributed by atoms with E-state index in [0.29, 0.717) is 11.3 Å². The molecule has 0 aromatic heterocycles. The number of nitrogens with one attached hydrogen (secondary N) is 1. The van der Waals surface area contributed by atoms with Crippen LogP contribution in [0.3, 0.4) is 0 Å². The van der Waals surface area contributed by atoms with E-state index in [1.54, 1.807) is 25.1 Å². The number of hydrogen-bond acceptors (Lipinski definition) is 9. The number of aliphatic hydroxyl groups is 3. The zero-order valence-electron chi connectivity index (χ0n) is 22.5. The zero-order valence-corrected chi connectivity index (χ0v) is 22.5. The summed E-state index contributed by atoms with van der Waals surface area (Å²) in [7, 11) is 3.59. The van der Waals surface area contributed by atoms with Gasteiger partial charge in [0, 0.05) is 37.7 Å². The molecule has 3 unspecified atom stereocenters. The molecule has 2 saturated carbocycles. The average Bonchev–Trinajstić information content (AvgIpc) is 2.88. The van der Waals surface area contributed by atoms with Crippen molar-refractivity contribution in [2.75, 3.05) is 24.3 Å². The van der Waals surface area contributed by atoms with Crippen molar-refractivity contribution in [3.8, 4) is 5.75 Å². The summed E-state index contributed by atoms with van der Waals surface area (Å²) in [5.74, 6) is -6.59. The molecule has 1 aromatic rings. The van der Waals surface area contributed by atoms with Gasteiger partial charge in [-0.1, -0.05) is 19.3 Å². The van der Waals surface area contributed by atoms with Crippen LogP contribution < -0.4 is 21.7 Å². The van der Waals surface area contributed by atoms with Crippen molar-refractivity contribution in [1.82, 2.24) is 0 Å². The normalized spacial score (nSPS) is 27.2. The number of amides is 1. The number of nitrogens with two attached hydrogens (primary N) is 2. The maximum absolute atomic E-state index is 13.8. The number of guanidine groups is 1. The van der Waals surface area contributed by atoms with E-state index in [1.165, 1.54) is 0 Å². The van der Waals surface area contributed by atoms with Crippen LogP contribution in [0.4, 0.5) is 11.4 Å². The summed E-state index contributed by atoms with van der Waals surface area (Å²) in [6.07, 6.45) is 5.06. The minimum absolute atomic E-state index is 0.00806. The Kier molecular flexibility index (Phi) is 6.77. The minimum atomic E-state index is -2.61. The Morgan fingerprint density at radius 2 is 1.77 bits per heavy atom. The van der Waals surface area contributed by atoms with Gasteiger partial charge in [-0.25, -0.2) is 4.99 Å². The van der Waals surface area contributed by atoms with Crippen molar-refractivity contribution in [2.24, 2.45) is 28.3 Å². The fraction of sp³-hybridized carbons (Fsp3) is 0.500. The predicted octanol–water partition coefficient (Wildman–Crippen LogP) is 1.55. The fourth-order valence-electron chi connectivity index (χ4n) is 6.74. The number of carbonyl (C=O) groups excluding carboxylic acids is 3. The Morgan fingerprint density at radius 3 is 2.40 bits per heavy atom. The van der Waals surface area contributed by atoms with Gasteiger partial charge in [0.25, 0.3) is 5.91 Å². The van der Waals surface area contributed by atoms with Crippen molar-refractivity contribution in [2.45, 2.75) is 63.0 Å². The van der Waals surface area contributed by atoms with E-state index in [9.17, 15) is 34.8 Å². The third kappa shape index (κ3) is 4.17. The van der Waals surface area contributed by atoms with E-state index in [2.05, 4.69) is 10.3 Å². The van der Waals surface area contributed by atoms with Crippen LogP contribution in [0.1, 0.15) is 56.1 Å². The van der Waals surface area contributed by atoms with Crippen LogP contribution in [0, 0.1) is 11.8 Å². The summed E-state index contributed by atoms with van der Waals surface area (Å²) in [6.45, 7) is 0. The number of carbonyl (C=O) groups is 3. The smallest absolute Gasteiger partial charge is 0.255 e. The van der Waals surface area contributed by atoms with Gasteiger partial charge in [0.2, 0.25) is 5.78 Å². The van der Waals surface area contributed by atoms with E-state index in [4.69, 9.17) is 11.5 Å². The maximum atomic E-state index is 13.8. The van der Waals surface area contributed by atoms with Gasteiger partial charge in [0.05, 0.1) is 17.3 Å². The van der Waals surface area contributed by atoms with Crippen LogP contribution in [0.25, 0.3) is 5.76 Å². The van der Waals surface area contributed by atoms with Gasteiger partial charge in [-0.3, -0.25) is 14.4 Å². The Balaban J connectivity index is 1.62. The molecule has 0 saturated heterocycles. The number of fused-ring (bicyclic) bond motifs is 3. The Bertz CT molecular complexity index is 1410. The highest BCUT2D eigenvalue weighted by atomic mass is 16.3. The number of Topliss-reactive ketones (excluding diaryl/α,β-unsaturated/α-hetero) is 2. The SMILES string of the molecule is CN(C)c1cc(NC(N)=NC2CCCCC2)c(O)c2c1CC1CC3CC(=O)C(C(N)=O)=C(O)C3(O)C(=O)C1=C2O. The molecule has 40 heavy (non-hydrogen) atoms. The van der Waals surface area contributed by atoms with Gasteiger partial charge in [0.1, 0.15) is 22.8 Å². The van der Waals surface area contributed by atoms with Crippen LogP contribution in [0.5, 0.6) is 5.75 Å². The number of anilines is 2.